The number of halogens is 2. The van der Waals surface area contributed by atoms with E-state index >= 15 is 0 Å². The summed E-state index contributed by atoms with van der Waals surface area (Å²) >= 11 is 13.4. The SMILES string of the molecule is C[C@H](CNC(=O)CSc1nnc2c(Cl)cc(Cl)cn12)c1ccccc1. The normalized spacial score (nSPS) is 12.3. The monoisotopic (exact) mass is 394 g/mol. The van der Waals surface area contributed by atoms with Crippen molar-refractivity contribution in [2.24, 2.45) is 0 Å². The predicted octanol–water partition coefficient (Wildman–Crippen LogP) is 4.05. The zero-order chi connectivity index (χ0) is 17.8. The van der Waals surface area contributed by atoms with Crippen molar-refractivity contribution in [2.45, 2.75) is 18.0 Å². The predicted molar refractivity (Wildman–Crippen MR) is 102 cm³/mol. The van der Waals surface area contributed by atoms with Gasteiger partial charge in [-0.2, -0.15) is 0 Å². The fourth-order valence-corrected chi connectivity index (χ4v) is 3.60. The summed E-state index contributed by atoms with van der Waals surface area (Å²) in [7, 11) is 0. The molecule has 2 heterocycles. The first-order chi connectivity index (χ1) is 12.0. The van der Waals surface area contributed by atoms with E-state index in [1.807, 2.05) is 18.2 Å². The Balaban J connectivity index is 1.56. The summed E-state index contributed by atoms with van der Waals surface area (Å²) in [5, 5.41) is 12.5. The summed E-state index contributed by atoms with van der Waals surface area (Å²) in [5.74, 6) is 0.436. The maximum atomic E-state index is 12.1. The van der Waals surface area contributed by atoms with E-state index < -0.39 is 0 Å². The minimum Gasteiger partial charge on any atom is -0.355 e. The van der Waals surface area contributed by atoms with Crippen LogP contribution in [0.15, 0.2) is 47.8 Å². The summed E-state index contributed by atoms with van der Waals surface area (Å²) in [6.45, 7) is 2.67. The number of nitrogens with one attached hydrogen (secondary N) is 1. The highest BCUT2D eigenvalue weighted by atomic mass is 35.5. The summed E-state index contributed by atoms with van der Waals surface area (Å²) in [4.78, 5) is 12.1. The third-order valence-corrected chi connectivity index (χ3v) is 5.13. The molecular weight excluding hydrogens is 379 g/mol. The minimum atomic E-state index is -0.0577. The number of hydrogen-bond acceptors (Lipinski definition) is 4. The molecule has 0 saturated carbocycles. The number of amides is 1. The van der Waals surface area contributed by atoms with E-state index in [1.165, 1.54) is 17.3 Å². The number of nitrogens with zero attached hydrogens (tertiary/aromatic N) is 3. The van der Waals surface area contributed by atoms with E-state index in [4.69, 9.17) is 23.2 Å². The summed E-state index contributed by atoms with van der Waals surface area (Å²) in [5.41, 5.74) is 1.72. The van der Waals surface area contributed by atoms with Crippen LogP contribution in [-0.4, -0.2) is 32.8 Å². The van der Waals surface area contributed by atoms with Gasteiger partial charge in [-0.25, -0.2) is 0 Å². The Morgan fingerprint density at radius 3 is 2.80 bits per heavy atom. The molecule has 1 aromatic carbocycles. The van der Waals surface area contributed by atoms with Crippen molar-refractivity contribution in [3.05, 3.63) is 58.2 Å². The second-order valence-corrected chi connectivity index (χ2v) is 7.37. The lowest BCUT2D eigenvalue weighted by Gasteiger charge is -2.12. The van der Waals surface area contributed by atoms with Crippen molar-refractivity contribution in [1.82, 2.24) is 19.9 Å². The molecule has 0 radical (unpaired) electrons. The van der Waals surface area contributed by atoms with Crippen LogP contribution in [0, 0.1) is 0 Å². The Labute approximate surface area is 159 Å². The van der Waals surface area contributed by atoms with Crippen LogP contribution in [0.5, 0.6) is 0 Å². The van der Waals surface area contributed by atoms with Gasteiger partial charge in [0.1, 0.15) is 0 Å². The van der Waals surface area contributed by atoms with E-state index in [0.717, 1.165) is 0 Å². The zero-order valence-electron chi connectivity index (χ0n) is 13.4. The number of rotatable bonds is 6. The third kappa shape index (κ3) is 4.45. The second-order valence-electron chi connectivity index (χ2n) is 5.59. The number of carbonyl (C=O) groups excluding carboxylic acids is 1. The van der Waals surface area contributed by atoms with Gasteiger partial charge in [0, 0.05) is 12.7 Å². The topological polar surface area (TPSA) is 59.3 Å². The molecule has 0 unspecified atom stereocenters. The quantitative estimate of drug-likeness (QED) is 0.640. The first kappa shape index (κ1) is 18.0. The molecule has 25 heavy (non-hydrogen) atoms. The fourth-order valence-electron chi connectivity index (χ4n) is 2.35. The van der Waals surface area contributed by atoms with Crippen LogP contribution in [0.25, 0.3) is 5.65 Å². The van der Waals surface area contributed by atoms with Gasteiger partial charge < -0.3 is 5.32 Å². The number of aromatic nitrogens is 3. The largest absolute Gasteiger partial charge is 0.355 e. The molecule has 0 aliphatic heterocycles. The number of hydrogen-bond donors (Lipinski definition) is 1. The van der Waals surface area contributed by atoms with Crippen molar-refractivity contribution in [3.8, 4) is 0 Å². The molecule has 0 aliphatic carbocycles. The molecule has 1 atom stereocenters. The number of carbonyl (C=O) groups is 1. The van der Waals surface area contributed by atoms with Gasteiger partial charge in [-0.05, 0) is 17.5 Å². The average molecular weight is 395 g/mol. The maximum Gasteiger partial charge on any atom is 0.230 e. The number of thioether (sulfide) groups is 1. The molecule has 1 amide bonds. The van der Waals surface area contributed by atoms with Crippen LogP contribution in [0.1, 0.15) is 18.4 Å². The van der Waals surface area contributed by atoms with Gasteiger partial charge in [-0.15, -0.1) is 10.2 Å². The van der Waals surface area contributed by atoms with E-state index in [1.54, 1.807) is 16.7 Å². The molecule has 130 valence electrons. The maximum absolute atomic E-state index is 12.1. The first-order valence-corrected chi connectivity index (χ1v) is 9.43. The Bertz CT molecular complexity index is 885. The Morgan fingerprint density at radius 1 is 1.28 bits per heavy atom. The van der Waals surface area contributed by atoms with Gasteiger partial charge in [0.15, 0.2) is 10.8 Å². The molecule has 2 aromatic heterocycles. The van der Waals surface area contributed by atoms with Crippen molar-refractivity contribution < 1.29 is 4.79 Å². The first-order valence-electron chi connectivity index (χ1n) is 7.69. The van der Waals surface area contributed by atoms with Gasteiger partial charge >= 0.3 is 0 Å². The van der Waals surface area contributed by atoms with Crippen molar-refractivity contribution in [1.29, 1.82) is 0 Å². The second kappa shape index (κ2) is 8.08. The van der Waals surface area contributed by atoms with Gasteiger partial charge in [-0.3, -0.25) is 9.20 Å². The molecule has 8 heteroatoms. The van der Waals surface area contributed by atoms with E-state index in [9.17, 15) is 4.79 Å². The van der Waals surface area contributed by atoms with Crippen LogP contribution in [0.4, 0.5) is 0 Å². The van der Waals surface area contributed by atoms with Crippen molar-refractivity contribution in [2.75, 3.05) is 12.3 Å². The zero-order valence-corrected chi connectivity index (χ0v) is 15.8. The lowest BCUT2D eigenvalue weighted by Crippen LogP contribution is -2.29. The third-order valence-electron chi connectivity index (χ3n) is 3.70. The summed E-state index contributed by atoms with van der Waals surface area (Å²) in [6.07, 6.45) is 1.68. The Hall–Kier alpha value is -1.76. The molecule has 3 aromatic rings. The fraction of sp³-hybridized carbons (Fsp3) is 0.235. The van der Waals surface area contributed by atoms with Crippen LogP contribution >= 0.6 is 35.0 Å². The van der Waals surface area contributed by atoms with Gasteiger partial charge in [0.2, 0.25) is 5.91 Å². The average Bonchev–Trinajstić information content (AvgIpc) is 3.01. The van der Waals surface area contributed by atoms with Crippen molar-refractivity contribution >= 4 is 46.5 Å². The number of benzene rings is 1. The molecule has 3 rings (SSSR count). The molecule has 0 aliphatic rings. The molecule has 0 bridgehead atoms. The molecule has 0 spiro atoms. The minimum absolute atomic E-state index is 0.0577. The van der Waals surface area contributed by atoms with Crippen LogP contribution in [-0.2, 0) is 4.79 Å². The number of pyridine rings is 1. The van der Waals surface area contributed by atoms with Crippen molar-refractivity contribution in [3.63, 3.8) is 0 Å². The summed E-state index contributed by atoms with van der Waals surface area (Å²) < 4.78 is 1.69. The Morgan fingerprint density at radius 2 is 2.04 bits per heavy atom. The van der Waals surface area contributed by atoms with E-state index in [0.29, 0.717) is 27.4 Å². The smallest absolute Gasteiger partial charge is 0.230 e. The van der Waals surface area contributed by atoms with Gasteiger partial charge in [0.05, 0.1) is 15.8 Å². The van der Waals surface area contributed by atoms with Crippen LogP contribution < -0.4 is 5.32 Å². The lowest BCUT2D eigenvalue weighted by atomic mass is 10.0. The molecule has 0 saturated heterocycles. The lowest BCUT2D eigenvalue weighted by molar-refractivity contribution is -0.118. The van der Waals surface area contributed by atoms with E-state index in [2.05, 4.69) is 34.6 Å². The molecular formula is C17H16Cl2N4OS. The van der Waals surface area contributed by atoms with Crippen LogP contribution in [0.2, 0.25) is 10.0 Å². The van der Waals surface area contributed by atoms with Crippen LogP contribution in [0.3, 0.4) is 0 Å². The van der Waals surface area contributed by atoms with Gasteiger partial charge in [-0.1, -0.05) is 72.2 Å². The highest BCUT2D eigenvalue weighted by molar-refractivity contribution is 7.99. The highest BCUT2D eigenvalue weighted by Gasteiger charge is 2.13. The summed E-state index contributed by atoms with van der Waals surface area (Å²) in [6, 6.07) is 11.7. The number of fused-ring (bicyclic) bond motifs is 1. The molecule has 1 N–H and O–H groups in total. The Kier molecular flexibility index (Phi) is 5.83. The standard InChI is InChI=1S/C17H16Cl2N4OS/c1-11(12-5-3-2-4-6-12)8-20-15(24)10-25-17-22-21-16-14(19)7-13(18)9-23(16)17/h2-7,9,11H,8,10H2,1H3,(H,20,24)/t11-/m1/s1. The molecule has 0 fully saturated rings. The highest BCUT2D eigenvalue weighted by Crippen LogP contribution is 2.25. The molecule has 5 nitrogen and oxygen atoms in total. The van der Waals surface area contributed by atoms with E-state index in [-0.39, 0.29) is 17.6 Å². The van der Waals surface area contributed by atoms with Gasteiger partial charge in [0.25, 0.3) is 0 Å².